The molecule has 1 aliphatic heterocycles. The van der Waals surface area contributed by atoms with Crippen LogP contribution in [0.5, 0.6) is 0 Å². The zero-order valence-corrected chi connectivity index (χ0v) is 24.1. The number of nitrogens with zero attached hydrogens (tertiary/aromatic N) is 2. The van der Waals surface area contributed by atoms with Gasteiger partial charge in [-0.3, -0.25) is 5.32 Å². The normalized spacial score (nSPS) is 17.4. The summed E-state index contributed by atoms with van der Waals surface area (Å²) >= 11 is 0. The number of hydrogen-bond acceptors (Lipinski definition) is 6. The molecular formula is C30H54N4O2. The van der Waals surface area contributed by atoms with E-state index in [0.717, 1.165) is 50.3 Å². The number of methoxy groups -OCH3 is 1. The maximum Gasteiger partial charge on any atom is 0.131 e. The molecule has 6 heteroatoms. The van der Waals surface area contributed by atoms with Gasteiger partial charge in [0.05, 0.1) is 30.8 Å². The molecule has 2 atom stereocenters. The third kappa shape index (κ3) is 14.4. The Kier molecular flexibility index (Phi) is 20.8. The first kappa shape index (κ1) is 33.9. The van der Waals surface area contributed by atoms with Crippen molar-refractivity contribution in [2.45, 2.75) is 72.6 Å². The van der Waals surface area contributed by atoms with E-state index in [1.54, 1.807) is 7.11 Å². The predicted octanol–water partition coefficient (Wildman–Crippen LogP) is 6.23. The molecule has 2 unspecified atom stereocenters. The lowest BCUT2D eigenvalue weighted by Gasteiger charge is -2.31. The minimum Gasteiger partial charge on any atom is -0.397 e. The van der Waals surface area contributed by atoms with Crippen LogP contribution in [-0.4, -0.2) is 64.3 Å². The molecule has 3 N–H and O–H groups in total. The van der Waals surface area contributed by atoms with E-state index in [4.69, 9.17) is 15.2 Å². The average Bonchev–Trinajstić information content (AvgIpc) is 3.32. The maximum absolute atomic E-state index is 6.19. The van der Waals surface area contributed by atoms with Crippen molar-refractivity contribution in [1.29, 1.82) is 0 Å². The van der Waals surface area contributed by atoms with Crippen LogP contribution in [0.4, 0.5) is 11.4 Å². The van der Waals surface area contributed by atoms with Crippen molar-refractivity contribution in [3.05, 3.63) is 60.7 Å². The van der Waals surface area contributed by atoms with Gasteiger partial charge in [-0.05, 0) is 63.9 Å². The van der Waals surface area contributed by atoms with Gasteiger partial charge < -0.3 is 25.0 Å². The third-order valence-corrected chi connectivity index (χ3v) is 5.70. The molecule has 36 heavy (non-hydrogen) atoms. The minimum atomic E-state index is 0.0723. The fraction of sp³-hybridized carbons (Fsp3) is 0.600. The molecule has 1 saturated heterocycles. The lowest BCUT2D eigenvalue weighted by molar-refractivity contribution is 0.0529. The second-order valence-electron chi connectivity index (χ2n) is 8.65. The number of rotatable bonds is 14. The molecule has 1 aliphatic rings. The molecule has 1 heterocycles. The van der Waals surface area contributed by atoms with Crippen LogP contribution in [0.15, 0.2) is 60.7 Å². The van der Waals surface area contributed by atoms with E-state index in [-0.39, 0.29) is 6.23 Å². The minimum absolute atomic E-state index is 0.0723. The van der Waals surface area contributed by atoms with Gasteiger partial charge in [0.25, 0.3) is 0 Å². The van der Waals surface area contributed by atoms with Gasteiger partial charge in [-0.25, -0.2) is 0 Å². The van der Waals surface area contributed by atoms with Crippen molar-refractivity contribution in [1.82, 2.24) is 10.2 Å². The smallest absolute Gasteiger partial charge is 0.131 e. The number of benzene rings is 1. The molecule has 0 amide bonds. The Labute approximate surface area is 222 Å². The quantitative estimate of drug-likeness (QED) is 0.136. The van der Waals surface area contributed by atoms with Crippen LogP contribution < -0.4 is 16.0 Å². The highest BCUT2D eigenvalue weighted by atomic mass is 16.5. The Morgan fingerprint density at radius 3 is 2.50 bits per heavy atom. The van der Waals surface area contributed by atoms with Crippen molar-refractivity contribution in [3.8, 4) is 0 Å². The number of anilines is 2. The largest absolute Gasteiger partial charge is 0.397 e. The molecule has 1 fully saturated rings. The molecule has 1 aromatic carbocycles. The summed E-state index contributed by atoms with van der Waals surface area (Å²) in [6.07, 6.45) is 12.9. The SMILES string of the molecule is C=C/C=C(\C=C\CNCN(c1ccccc1N)C1CCC(C)O1)CC.CC.CCCN(C)CCOC. The zero-order valence-electron chi connectivity index (χ0n) is 24.1. The van der Waals surface area contributed by atoms with Gasteiger partial charge >= 0.3 is 0 Å². The third-order valence-electron chi connectivity index (χ3n) is 5.70. The van der Waals surface area contributed by atoms with Crippen LogP contribution in [0.3, 0.4) is 0 Å². The molecule has 0 aliphatic carbocycles. The van der Waals surface area contributed by atoms with E-state index >= 15 is 0 Å². The summed E-state index contributed by atoms with van der Waals surface area (Å²) in [4.78, 5) is 4.50. The average molecular weight is 503 g/mol. The Bertz CT molecular complexity index is 735. The van der Waals surface area contributed by atoms with Crippen molar-refractivity contribution in [2.75, 3.05) is 57.7 Å². The number of ether oxygens (including phenoxy) is 2. The molecule has 206 valence electrons. The molecular weight excluding hydrogens is 448 g/mol. The highest BCUT2D eigenvalue weighted by Gasteiger charge is 2.28. The number of likely N-dealkylation sites (N-methyl/N-ethyl adjacent to an activating group) is 1. The maximum atomic E-state index is 6.19. The summed E-state index contributed by atoms with van der Waals surface area (Å²) in [5.41, 5.74) is 9.27. The van der Waals surface area contributed by atoms with Crippen molar-refractivity contribution in [3.63, 3.8) is 0 Å². The van der Waals surface area contributed by atoms with Crippen LogP contribution in [0.2, 0.25) is 0 Å². The van der Waals surface area contributed by atoms with Gasteiger partial charge in [-0.1, -0.05) is 70.7 Å². The van der Waals surface area contributed by atoms with Gasteiger partial charge in [0.2, 0.25) is 0 Å². The van der Waals surface area contributed by atoms with Gasteiger partial charge in [-0.2, -0.15) is 0 Å². The van der Waals surface area contributed by atoms with Crippen LogP contribution in [-0.2, 0) is 9.47 Å². The molecule has 0 saturated carbocycles. The molecule has 6 nitrogen and oxygen atoms in total. The summed E-state index contributed by atoms with van der Waals surface area (Å²) in [6, 6.07) is 7.98. The molecule has 2 rings (SSSR count). The lowest BCUT2D eigenvalue weighted by atomic mass is 10.2. The van der Waals surface area contributed by atoms with Crippen LogP contribution >= 0.6 is 0 Å². The monoisotopic (exact) mass is 502 g/mol. The second kappa shape index (κ2) is 22.1. The summed E-state index contributed by atoms with van der Waals surface area (Å²) in [5.74, 6) is 0. The Morgan fingerprint density at radius 1 is 1.22 bits per heavy atom. The lowest BCUT2D eigenvalue weighted by Crippen LogP contribution is -2.42. The standard InChI is InChI=1S/C21H31N3O.C7H17NO.C2H6/c1-4-9-18(5-2)10-8-15-23-16-24(21-14-13-17(3)25-21)20-12-7-6-11-19(20)22;1-4-5-8(2)6-7-9-3;1-2/h4,6-12,17,21,23H,1,5,13-16,22H2,2-3H3;4-7H2,1-3H3;1-2H3/b10-8+,18-9-;;. The van der Waals surface area contributed by atoms with Crippen molar-refractivity contribution >= 4 is 11.4 Å². The molecule has 1 aromatic rings. The van der Waals surface area contributed by atoms with Gasteiger partial charge in [-0.15, -0.1) is 0 Å². The van der Waals surface area contributed by atoms with E-state index in [2.05, 4.69) is 67.7 Å². The van der Waals surface area contributed by atoms with Crippen molar-refractivity contribution in [2.24, 2.45) is 0 Å². The summed E-state index contributed by atoms with van der Waals surface area (Å²) in [5, 5.41) is 3.47. The zero-order chi connectivity index (χ0) is 27.2. The van der Waals surface area contributed by atoms with E-state index in [1.807, 2.05) is 44.2 Å². The molecule has 0 spiro atoms. The summed E-state index contributed by atoms with van der Waals surface area (Å²) < 4.78 is 11.0. The predicted molar refractivity (Wildman–Crippen MR) is 158 cm³/mol. The number of nitrogens with two attached hydrogens (primary N) is 1. The highest BCUT2D eigenvalue weighted by molar-refractivity contribution is 5.67. The molecule has 0 radical (unpaired) electrons. The van der Waals surface area contributed by atoms with E-state index in [1.165, 1.54) is 18.5 Å². The first-order chi connectivity index (χ1) is 17.5. The first-order valence-electron chi connectivity index (χ1n) is 13.6. The number of nitrogens with one attached hydrogen (secondary N) is 1. The van der Waals surface area contributed by atoms with E-state index < -0.39 is 0 Å². The summed E-state index contributed by atoms with van der Waals surface area (Å²) in [6.45, 7) is 18.8. The Balaban J connectivity index is 0.000000941. The van der Waals surface area contributed by atoms with E-state index in [0.29, 0.717) is 12.8 Å². The summed E-state index contributed by atoms with van der Waals surface area (Å²) in [7, 11) is 3.85. The number of allylic oxidation sites excluding steroid dienone is 4. The van der Waals surface area contributed by atoms with E-state index in [9.17, 15) is 0 Å². The van der Waals surface area contributed by atoms with Crippen LogP contribution in [0.1, 0.15) is 60.3 Å². The van der Waals surface area contributed by atoms with Gasteiger partial charge in [0.15, 0.2) is 0 Å². The van der Waals surface area contributed by atoms with Gasteiger partial charge in [0, 0.05) is 20.2 Å². The molecule has 0 bridgehead atoms. The van der Waals surface area contributed by atoms with Crippen molar-refractivity contribution < 1.29 is 9.47 Å². The number of para-hydroxylation sites is 2. The fourth-order valence-electron chi connectivity index (χ4n) is 3.76. The number of hydrogen-bond donors (Lipinski definition) is 2. The number of nitrogen functional groups attached to an aromatic ring is 1. The topological polar surface area (TPSA) is 63.0 Å². The Morgan fingerprint density at radius 2 is 1.94 bits per heavy atom. The fourth-order valence-corrected chi connectivity index (χ4v) is 3.76. The van der Waals surface area contributed by atoms with Gasteiger partial charge in [0.1, 0.15) is 6.23 Å². The Hall–Kier alpha value is -2.12. The van der Waals surface area contributed by atoms with Crippen LogP contribution in [0, 0.1) is 0 Å². The second-order valence-corrected chi connectivity index (χ2v) is 8.65. The highest BCUT2D eigenvalue weighted by Crippen LogP contribution is 2.30. The molecule has 0 aromatic heterocycles. The van der Waals surface area contributed by atoms with Crippen LogP contribution in [0.25, 0.3) is 0 Å². The first-order valence-corrected chi connectivity index (χ1v) is 13.6.